The molecule has 2 atom stereocenters. The maximum atomic E-state index is 6.22. The van der Waals surface area contributed by atoms with Gasteiger partial charge in [0, 0.05) is 11.6 Å². The zero-order valence-electron chi connectivity index (χ0n) is 10.1. The third-order valence-electron chi connectivity index (χ3n) is 2.63. The molecule has 0 amide bonds. The van der Waals surface area contributed by atoms with Gasteiger partial charge in [0.1, 0.15) is 0 Å². The zero-order valence-corrected chi connectivity index (χ0v) is 10.9. The van der Waals surface area contributed by atoms with E-state index in [-0.39, 0.29) is 12.1 Å². The van der Waals surface area contributed by atoms with Crippen LogP contribution in [0.2, 0.25) is 5.02 Å². The van der Waals surface area contributed by atoms with E-state index in [1.54, 1.807) is 0 Å². The Morgan fingerprint density at radius 1 is 1.31 bits per heavy atom. The predicted octanol–water partition coefficient (Wildman–Crippen LogP) is 3.40. The van der Waals surface area contributed by atoms with Gasteiger partial charge in [-0.25, -0.2) is 0 Å². The van der Waals surface area contributed by atoms with Gasteiger partial charge in [0.05, 0.1) is 12.1 Å². The van der Waals surface area contributed by atoms with E-state index in [1.165, 1.54) is 0 Å². The van der Waals surface area contributed by atoms with Crippen LogP contribution in [0, 0.1) is 5.92 Å². The van der Waals surface area contributed by atoms with E-state index >= 15 is 0 Å². The molecular formula is C13H20ClNO. The highest BCUT2D eigenvalue weighted by Crippen LogP contribution is 2.27. The Balaban J connectivity index is 2.90. The molecule has 3 heteroatoms. The molecule has 0 heterocycles. The number of rotatable bonds is 5. The van der Waals surface area contributed by atoms with Crippen molar-refractivity contribution in [1.29, 1.82) is 0 Å². The Labute approximate surface area is 103 Å². The highest BCUT2D eigenvalue weighted by molar-refractivity contribution is 6.31. The Kier molecular flexibility index (Phi) is 5.26. The van der Waals surface area contributed by atoms with Crippen molar-refractivity contribution in [3.05, 3.63) is 34.9 Å². The lowest BCUT2D eigenvalue weighted by Crippen LogP contribution is -2.33. The van der Waals surface area contributed by atoms with Gasteiger partial charge >= 0.3 is 0 Å². The smallest absolute Gasteiger partial charge is 0.0790 e. The first-order valence-electron chi connectivity index (χ1n) is 5.69. The Morgan fingerprint density at radius 2 is 1.94 bits per heavy atom. The molecule has 2 N–H and O–H groups in total. The SMILES string of the molecule is CCOC(C(C)C)C(N)c1ccccc1Cl. The van der Waals surface area contributed by atoms with Gasteiger partial charge in [-0.05, 0) is 24.5 Å². The van der Waals surface area contributed by atoms with Crippen LogP contribution >= 0.6 is 11.6 Å². The van der Waals surface area contributed by atoms with E-state index in [0.29, 0.717) is 17.5 Å². The number of hydrogen-bond donors (Lipinski definition) is 1. The molecular weight excluding hydrogens is 222 g/mol. The fourth-order valence-electron chi connectivity index (χ4n) is 1.83. The second-order valence-corrected chi connectivity index (χ2v) is 4.62. The van der Waals surface area contributed by atoms with E-state index in [2.05, 4.69) is 13.8 Å². The van der Waals surface area contributed by atoms with E-state index in [4.69, 9.17) is 22.1 Å². The minimum absolute atomic E-state index is 0.00454. The normalized spacial score (nSPS) is 15.1. The number of hydrogen-bond acceptors (Lipinski definition) is 2. The van der Waals surface area contributed by atoms with Gasteiger partial charge in [0.2, 0.25) is 0 Å². The molecule has 2 nitrogen and oxygen atoms in total. The van der Waals surface area contributed by atoms with Crippen LogP contribution in [0.3, 0.4) is 0 Å². The standard InChI is InChI=1S/C13H20ClNO/c1-4-16-13(9(2)3)12(15)10-7-5-6-8-11(10)14/h5-9,12-13H,4,15H2,1-3H3. The van der Waals surface area contributed by atoms with Crippen LogP contribution in [0.15, 0.2) is 24.3 Å². The maximum absolute atomic E-state index is 6.22. The fourth-order valence-corrected chi connectivity index (χ4v) is 2.09. The largest absolute Gasteiger partial charge is 0.376 e. The molecule has 0 spiro atoms. The first-order valence-corrected chi connectivity index (χ1v) is 6.07. The summed E-state index contributed by atoms with van der Waals surface area (Å²) in [6.07, 6.45) is 0.00454. The van der Waals surface area contributed by atoms with Crippen molar-refractivity contribution < 1.29 is 4.74 Å². The summed E-state index contributed by atoms with van der Waals surface area (Å²) >= 11 is 6.13. The Hall–Kier alpha value is -0.570. The van der Waals surface area contributed by atoms with Crippen LogP contribution in [0.4, 0.5) is 0 Å². The summed E-state index contributed by atoms with van der Waals surface area (Å²) < 4.78 is 5.69. The quantitative estimate of drug-likeness (QED) is 0.858. The molecule has 0 aromatic heterocycles. The van der Waals surface area contributed by atoms with Gasteiger partial charge in [-0.1, -0.05) is 43.6 Å². The second kappa shape index (κ2) is 6.24. The molecule has 0 bridgehead atoms. The highest BCUT2D eigenvalue weighted by Gasteiger charge is 2.24. The first kappa shape index (κ1) is 13.5. The molecule has 1 aromatic carbocycles. The first-order chi connectivity index (χ1) is 7.57. The molecule has 1 rings (SSSR count). The molecule has 0 aliphatic rings. The fraction of sp³-hybridized carbons (Fsp3) is 0.538. The van der Waals surface area contributed by atoms with E-state index in [0.717, 1.165) is 5.56 Å². The molecule has 2 unspecified atom stereocenters. The van der Waals surface area contributed by atoms with Gasteiger partial charge in [0.25, 0.3) is 0 Å². The summed E-state index contributed by atoms with van der Waals surface area (Å²) in [4.78, 5) is 0. The average Bonchev–Trinajstić information content (AvgIpc) is 2.25. The maximum Gasteiger partial charge on any atom is 0.0790 e. The van der Waals surface area contributed by atoms with Crippen LogP contribution < -0.4 is 5.73 Å². The molecule has 1 aromatic rings. The average molecular weight is 242 g/mol. The third-order valence-corrected chi connectivity index (χ3v) is 2.98. The lowest BCUT2D eigenvalue weighted by molar-refractivity contribution is 0.0122. The molecule has 0 aliphatic carbocycles. The number of benzene rings is 1. The summed E-state index contributed by atoms with van der Waals surface area (Å²) in [6, 6.07) is 7.50. The summed E-state index contributed by atoms with van der Waals surface area (Å²) in [5.41, 5.74) is 7.17. The van der Waals surface area contributed by atoms with Crippen LogP contribution in [-0.2, 0) is 4.74 Å². The lowest BCUT2D eigenvalue weighted by atomic mass is 9.94. The third kappa shape index (κ3) is 3.21. The highest BCUT2D eigenvalue weighted by atomic mass is 35.5. The summed E-state index contributed by atoms with van der Waals surface area (Å²) in [6.45, 7) is 6.86. The minimum Gasteiger partial charge on any atom is -0.376 e. The monoisotopic (exact) mass is 241 g/mol. The van der Waals surface area contributed by atoms with Crippen molar-refractivity contribution >= 4 is 11.6 Å². The van der Waals surface area contributed by atoms with Crippen molar-refractivity contribution in [3.63, 3.8) is 0 Å². The molecule has 0 radical (unpaired) electrons. The number of nitrogens with two attached hydrogens (primary N) is 1. The van der Waals surface area contributed by atoms with E-state index in [9.17, 15) is 0 Å². The summed E-state index contributed by atoms with van der Waals surface area (Å²) in [7, 11) is 0. The van der Waals surface area contributed by atoms with Crippen molar-refractivity contribution in [3.8, 4) is 0 Å². The molecule has 16 heavy (non-hydrogen) atoms. The van der Waals surface area contributed by atoms with Crippen LogP contribution in [0.25, 0.3) is 0 Å². The molecule has 0 fully saturated rings. The summed E-state index contributed by atoms with van der Waals surface area (Å²) in [5, 5.41) is 0.709. The summed E-state index contributed by atoms with van der Waals surface area (Å²) in [5.74, 6) is 0.367. The van der Waals surface area contributed by atoms with E-state index < -0.39 is 0 Å². The predicted molar refractivity (Wildman–Crippen MR) is 68.6 cm³/mol. The zero-order chi connectivity index (χ0) is 12.1. The Morgan fingerprint density at radius 3 is 2.44 bits per heavy atom. The van der Waals surface area contributed by atoms with Gasteiger partial charge in [-0.3, -0.25) is 0 Å². The minimum atomic E-state index is -0.173. The van der Waals surface area contributed by atoms with Crippen LogP contribution in [0.1, 0.15) is 32.4 Å². The lowest BCUT2D eigenvalue weighted by Gasteiger charge is -2.28. The van der Waals surface area contributed by atoms with Crippen molar-refractivity contribution in [2.45, 2.75) is 32.9 Å². The van der Waals surface area contributed by atoms with Crippen molar-refractivity contribution in [2.24, 2.45) is 11.7 Å². The van der Waals surface area contributed by atoms with Crippen molar-refractivity contribution in [1.82, 2.24) is 0 Å². The van der Waals surface area contributed by atoms with Crippen LogP contribution in [0.5, 0.6) is 0 Å². The van der Waals surface area contributed by atoms with Crippen molar-refractivity contribution in [2.75, 3.05) is 6.61 Å². The van der Waals surface area contributed by atoms with Crippen LogP contribution in [-0.4, -0.2) is 12.7 Å². The molecule has 0 saturated heterocycles. The number of halogens is 1. The molecule has 90 valence electrons. The number of ether oxygens (including phenoxy) is 1. The topological polar surface area (TPSA) is 35.2 Å². The second-order valence-electron chi connectivity index (χ2n) is 4.21. The van der Waals surface area contributed by atoms with Gasteiger partial charge in [0.15, 0.2) is 0 Å². The van der Waals surface area contributed by atoms with E-state index in [1.807, 2.05) is 31.2 Å². The van der Waals surface area contributed by atoms with Gasteiger partial charge in [-0.15, -0.1) is 0 Å². The van der Waals surface area contributed by atoms with Gasteiger partial charge < -0.3 is 10.5 Å². The Bertz CT molecular complexity index is 327. The molecule has 0 aliphatic heterocycles. The van der Waals surface area contributed by atoms with Gasteiger partial charge in [-0.2, -0.15) is 0 Å². The molecule has 0 saturated carbocycles.